The fourth-order valence-electron chi connectivity index (χ4n) is 0.623. The molecule has 0 aromatic rings. The Balaban J connectivity index is 0. The third-order valence-corrected chi connectivity index (χ3v) is 1.16. The first kappa shape index (κ1) is 15.8. The van der Waals surface area contributed by atoms with Crippen molar-refractivity contribution in [1.29, 1.82) is 0 Å². The van der Waals surface area contributed by atoms with Crippen molar-refractivity contribution in [1.82, 2.24) is 4.90 Å². The molecule has 0 aliphatic rings. The zero-order valence-electron chi connectivity index (χ0n) is 8.26. The highest BCUT2D eigenvalue weighted by atomic mass is 32.3. The van der Waals surface area contributed by atoms with Crippen molar-refractivity contribution in [3.63, 3.8) is 0 Å². The molecule has 0 spiro atoms. The highest BCUT2D eigenvalue weighted by Crippen LogP contribution is 1.86. The van der Waals surface area contributed by atoms with Gasteiger partial charge in [-0.2, -0.15) is 8.42 Å². The molecule has 5 nitrogen and oxygen atoms in total. The van der Waals surface area contributed by atoms with E-state index in [4.69, 9.17) is 17.5 Å². The van der Waals surface area contributed by atoms with E-state index in [1.54, 1.807) is 0 Å². The Labute approximate surface area is 85.3 Å². The van der Waals surface area contributed by atoms with Crippen LogP contribution in [0.5, 0.6) is 0 Å². The maximum absolute atomic E-state index is 8.74. The van der Waals surface area contributed by atoms with E-state index >= 15 is 0 Å². The van der Waals surface area contributed by atoms with E-state index in [2.05, 4.69) is 25.1 Å². The van der Waals surface area contributed by atoms with Gasteiger partial charge in [0, 0.05) is 13.1 Å². The summed E-state index contributed by atoms with van der Waals surface area (Å²) in [5.74, 6) is 0. The summed E-state index contributed by atoms with van der Waals surface area (Å²) in [6.45, 7) is 9.33. The molecular weight excluding hydrogens is 206 g/mol. The second-order valence-electron chi connectivity index (χ2n) is 2.58. The summed E-state index contributed by atoms with van der Waals surface area (Å²) in [6.07, 6.45) is 4.90. The van der Waals surface area contributed by atoms with Crippen molar-refractivity contribution in [3.05, 3.63) is 25.3 Å². The third-order valence-electron chi connectivity index (χ3n) is 1.16. The Bertz CT molecular complexity index is 240. The van der Waals surface area contributed by atoms with Crippen molar-refractivity contribution >= 4 is 10.4 Å². The summed E-state index contributed by atoms with van der Waals surface area (Å²) >= 11 is 0. The lowest BCUT2D eigenvalue weighted by Gasteiger charge is -2.11. The lowest BCUT2D eigenvalue weighted by molar-refractivity contribution is 0.378. The van der Waals surface area contributed by atoms with Crippen molar-refractivity contribution in [2.24, 2.45) is 0 Å². The molecule has 0 aromatic heterocycles. The molecule has 2 N–H and O–H groups in total. The van der Waals surface area contributed by atoms with Crippen LogP contribution in [-0.4, -0.2) is 42.6 Å². The van der Waals surface area contributed by atoms with Crippen LogP contribution in [0.4, 0.5) is 0 Å². The van der Waals surface area contributed by atoms with Gasteiger partial charge in [-0.25, -0.2) is 0 Å². The fourth-order valence-corrected chi connectivity index (χ4v) is 0.623. The molecular formula is C8H17NO4S. The summed E-state index contributed by atoms with van der Waals surface area (Å²) in [5, 5.41) is 0. The lowest BCUT2D eigenvalue weighted by atomic mass is 10.4. The topological polar surface area (TPSA) is 77.8 Å². The third kappa shape index (κ3) is 30.2. The number of rotatable bonds is 5. The molecule has 0 atom stereocenters. The van der Waals surface area contributed by atoms with Gasteiger partial charge < -0.3 is 4.90 Å². The zero-order valence-corrected chi connectivity index (χ0v) is 9.07. The number of likely N-dealkylation sites (N-methyl/N-ethyl adjacent to an activating group) is 1. The highest BCUT2D eigenvalue weighted by Gasteiger charge is 1.89. The average Bonchev–Trinajstić information content (AvgIpc) is 1.98. The minimum atomic E-state index is -4.67. The molecule has 0 bridgehead atoms. The number of nitrogens with zero attached hydrogens (tertiary/aromatic N) is 1. The van der Waals surface area contributed by atoms with Gasteiger partial charge in [0.05, 0.1) is 0 Å². The SMILES string of the molecule is C=CCCN(C)CC=C.O=S(=O)(O)O. The minimum absolute atomic E-state index is 0.966. The van der Waals surface area contributed by atoms with Crippen molar-refractivity contribution in [3.8, 4) is 0 Å². The van der Waals surface area contributed by atoms with E-state index in [0.29, 0.717) is 0 Å². The minimum Gasteiger partial charge on any atom is -0.302 e. The van der Waals surface area contributed by atoms with Crippen LogP contribution < -0.4 is 0 Å². The molecule has 0 unspecified atom stereocenters. The molecule has 0 amide bonds. The molecule has 0 aliphatic heterocycles. The van der Waals surface area contributed by atoms with Crippen LogP contribution in [0.1, 0.15) is 6.42 Å². The first-order chi connectivity index (χ1) is 6.31. The quantitative estimate of drug-likeness (QED) is 0.537. The van der Waals surface area contributed by atoms with E-state index in [0.717, 1.165) is 19.5 Å². The lowest BCUT2D eigenvalue weighted by Crippen LogP contribution is -2.18. The normalized spacial score (nSPS) is 10.3. The van der Waals surface area contributed by atoms with E-state index in [9.17, 15) is 0 Å². The molecule has 0 aliphatic carbocycles. The van der Waals surface area contributed by atoms with Gasteiger partial charge in [0.15, 0.2) is 0 Å². The molecule has 0 saturated heterocycles. The Morgan fingerprint density at radius 1 is 1.29 bits per heavy atom. The Hall–Kier alpha value is -0.690. The van der Waals surface area contributed by atoms with Crippen LogP contribution in [0.25, 0.3) is 0 Å². The van der Waals surface area contributed by atoms with Crippen LogP contribution in [-0.2, 0) is 10.4 Å². The molecule has 84 valence electrons. The number of hydrogen-bond donors (Lipinski definition) is 2. The molecule has 0 aromatic carbocycles. The summed E-state index contributed by atoms with van der Waals surface area (Å²) < 4.78 is 31.6. The molecule has 0 saturated carbocycles. The molecule has 6 heteroatoms. The highest BCUT2D eigenvalue weighted by molar-refractivity contribution is 7.79. The van der Waals surface area contributed by atoms with Crippen LogP contribution in [0.3, 0.4) is 0 Å². The van der Waals surface area contributed by atoms with Gasteiger partial charge in [-0.3, -0.25) is 9.11 Å². The second-order valence-corrected chi connectivity index (χ2v) is 3.47. The summed E-state index contributed by atoms with van der Waals surface area (Å²) in [5.41, 5.74) is 0. The van der Waals surface area contributed by atoms with Crippen LogP contribution >= 0.6 is 0 Å². The van der Waals surface area contributed by atoms with Crippen molar-refractivity contribution < 1.29 is 17.5 Å². The van der Waals surface area contributed by atoms with E-state index < -0.39 is 10.4 Å². The van der Waals surface area contributed by atoms with Crippen LogP contribution in [0.15, 0.2) is 25.3 Å². The first-order valence-electron chi connectivity index (χ1n) is 3.91. The van der Waals surface area contributed by atoms with E-state index in [1.807, 2.05) is 12.2 Å². The summed E-state index contributed by atoms with van der Waals surface area (Å²) in [7, 11) is -2.59. The maximum atomic E-state index is 8.74. The predicted molar refractivity (Wildman–Crippen MR) is 56.7 cm³/mol. The van der Waals surface area contributed by atoms with E-state index in [1.165, 1.54) is 0 Å². The Kier molecular flexibility index (Phi) is 10.0. The van der Waals surface area contributed by atoms with Crippen molar-refractivity contribution in [2.75, 3.05) is 20.1 Å². The predicted octanol–water partition coefficient (Wildman–Crippen LogP) is 1.03. The Morgan fingerprint density at radius 3 is 2.00 bits per heavy atom. The largest absolute Gasteiger partial charge is 0.394 e. The maximum Gasteiger partial charge on any atom is 0.394 e. The smallest absolute Gasteiger partial charge is 0.302 e. The number of hydrogen-bond acceptors (Lipinski definition) is 3. The van der Waals surface area contributed by atoms with Gasteiger partial charge in [0.1, 0.15) is 0 Å². The Morgan fingerprint density at radius 2 is 1.71 bits per heavy atom. The molecule has 0 heterocycles. The van der Waals surface area contributed by atoms with Gasteiger partial charge in [-0.15, -0.1) is 13.2 Å². The van der Waals surface area contributed by atoms with Gasteiger partial charge in [0.2, 0.25) is 0 Å². The molecule has 0 radical (unpaired) electrons. The monoisotopic (exact) mass is 223 g/mol. The fraction of sp³-hybridized carbons (Fsp3) is 0.500. The van der Waals surface area contributed by atoms with Crippen LogP contribution in [0, 0.1) is 0 Å². The van der Waals surface area contributed by atoms with Gasteiger partial charge in [-0.1, -0.05) is 12.2 Å². The second kappa shape index (κ2) is 8.89. The molecule has 0 rings (SSSR count). The molecule has 14 heavy (non-hydrogen) atoms. The van der Waals surface area contributed by atoms with Gasteiger partial charge >= 0.3 is 10.4 Å². The molecule has 0 fully saturated rings. The van der Waals surface area contributed by atoms with Gasteiger partial charge in [-0.05, 0) is 13.5 Å². The summed E-state index contributed by atoms with van der Waals surface area (Å²) in [4.78, 5) is 2.20. The standard InChI is InChI=1S/C8H15N.H2O4S/c1-4-6-8-9(3)7-5-2;1-5(2,3)4/h4-5H,1-2,6-8H2,3H3;(H2,1,2,3,4). The van der Waals surface area contributed by atoms with E-state index in [-0.39, 0.29) is 0 Å². The first-order valence-corrected chi connectivity index (χ1v) is 5.31. The summed E-state index contributed by atoms with van der Waals surface area (Å²) in [6, 6.07) is 0. The van der Waals surface area contributed by atoms with Crippen LogP contribution in [0.2, 0.25) is 0 Å². The van der Waals surface area contributed by atoms with Crippen molar-refractivity contribution in [2.45, 2.75) is 6.42 Å². The zero-order chi connectivity index (χ0) is 11.6. The van der Waals surface area contributed by atoms with Gasteiger partial charge in [0.25, 0.3) is 0 Å². The average molecular weight is 223 g/mol.